The number of benzene rings is 2. The number of nitrogens with zero attached hydrogens (tertiary/aromatic N) is 1. The number of ether oxygens (including phenoxy) is 1. The fraction of sp³-hybridized carbons (Fsp3) is 0.158. The zero-order valence-corrected chi connectivity index (χ0v) is 12.6. The second-order valence-corrected chi connectivity index (χ2v) is 5.29. The number of esters is 1. The lowest BCUT2D eigenvalue weighted by Gasteiger charge is -2.14. The molecule has 3 nitrogen and oxygen atoms in total. The summed E-state index contributed by atoms with van der Waals surface area (Å²) < 4.78 is 5.62. The quantitative estimate of drug-likeness (QED) is 0.669. The van der Waals surface area contributed by atoms with Gasteiger partial charge in [0.2, 0.25) is 0 Å². The molecule has 0 aliphatic rings. The summed E-state index contributed by atoms with van der Waals surface area (Å²) in [7, 11) is 0. The van der Waals surface area contributed by atoms with Crippen molar-refractivity contribution < 1.29 is 9.53 Å². The molecular weight excluding hydrogens is 274 g/mol. The molecule has 22 heavy (non-hydrogen) atoms. The molecule has 3 aromatic rings. The van der Waals surface area contributed by atoms with Crippen molar-refractivity contribution in [2.24, 2.45) is 0 Å². The SMILES string of the molecule is Cc1cc(C(=O)O[C@@H](C)c2ccccc2)c2ccccc2n1. The maximum atomic E-state index is 12.5. The Hall–Kier alpha value is -2.68. The fourth-order valence-electron chi connectivity index (χ4n) is 2.49. The number of hydrogen-bond donors (Lipinski definition) is 0. The number of hydrogen-bond acceptors (Lipinski definition) is 3. The van der Waals surface area contributed by atoms with E-state index in [2.05, 4.69) is 4.98 Å². The van der Waals surface area contributed by atoms with Gasteiger partial charge in [0.15, 0.2) is 0 Å². The largest absolute Gasteiger partial charge is 0.454 e. The summed E-state index contributed by atoms with van der Waals surface area (Å²) in [6.45, 7) is 3.76. The van der Waals surface area contributed by atoms with Crippen molar-refractivity contribution in [3.63, 3.8) is 0 Å². The zero-order valence-electron chi connectivity index (χ0n) is 12.6. The Balaban J connectivity index is 1.93. The van der Waals surface area contributed by atoms with Gasteiger partial charge in [0.1, 0.15) is 6.10 Å². The van der Waals surface area contributed by atoms with Crippen molar-refractivity contribution in [3.8, 4) is 0 Å². The topological polar surface area (TPSA) is 39.2 Å². The molecule has 0 saturated carbocycles. The monoisotopic (exact) mass is 291 g/mol. The van der Waals surface area contributed by atoms with Crippen molar-refractivity contribution in [2.75, 3.05) is 0 Å². The van der Waals surface area contributed by atoms with E-state index in [0.29, 0.717) is 5.56 Å². The van der Waals surface area contributed by atoms with E-state index in [4.69, 9.17) is 4.74 Å². The molecule has 0 N–H and O–H groups in total. The predicted octanol–water partition coefficient (Wildman–Crippen LogP) is 4.46. The van der Waals surface area contributed by atoms with E-state index in [9.17, 15) is 4.79 Å². The predicted molar refractivity (Wildman–Crippen MR) is 86.8 cm³/mol. The van der Waals surface area contributed by atoms with E-state index in [1.165, 1.54) is 0 Å². The van der Waals surface area contributed by atoms with Gasteiger partial charge < -0.3 is 4.74 Å². The number of rotatable bonds is 3. The van der Waals surface area contributed by atoms with Crippen LogP contribution in [0.3, 0.4) is 0 Å². The Bertz CT molecular complexity index is 812. The third-order valence-electron chi connectivity index (χ3n) is 3.62. The molecule has 0 spiro atoms. The van der Waals surface area contributed by atoms with Crippen LogP contribution < -0.4 is 0 Å². The summed E-state index contributed by atoms with van der Waals surface area (Å²) in [6.07, 6.45) is -0.291. The maximum Gasteiger partial charge on any atom is 0.339 e. The van der Waals surface area contributed by atoms with Gasteiger partial charge in [0.05, 0.1) is 11.1 Å². The van der Waals surface area contributed by atoms with Crippen molar-refractivity contribution in [2.45, 2.75) is 20.0 Å². The minimum atomic E-state index is -0.321. The van der Waals surface area contributed by atoms with Crippen LogP contribution in [0.4, 0.5) is 0 Å². The minimum absolute atomic E-state index is 0.291. The summed E-state index contributed by atoms with van der Waals surface area (Å²) in [4.78, 5) is 17.0. The van der Waals surface area contributed by atoms with Gasteiger partial charge in [-0.15, -0.1) is 0 Å². The number of carbonyl (C=O) groups is 1. The van der Waals surface area contributed by atoms with Gasteiger partial charge in [-0.1, -0.05) is 48.5 Å². The van der Waals surface area contributed by atoms with E-state index in [0.717, 1.165) is 22.2 Å². The molecule has 3 heteroatoms. The fourth-order valence-corrected chi connectivity index (χ4v) is 2.49. The standard InChI is InChI=1S/C19H17NO2/c1-13-12-17(16-10-6-7-11-18(16)20-13)19(21)22-14(2)15-8-4-3-5-9-15/h3-12,14H,1-2H3/t14-/m0/s1. The summed E-state index contributed by atoms with van der Waals surface area (Å²) in [5, 5.41) is 0.818. The highest BCUT2D eigenvalue weighted by molar-refractivity contribution is 6.03. The van der Waals surface area contributed by atoms with Crippen LogP contribution in [-0.2, 0) is 4.74 Å². The lowest BCUT2D eigenvalue weighted by molar-refractivity contribution is 0.0340. The number of carbonyl (C=O) groups excluding carboxylic acids is 1. The third kappa shape index (κ3) is 2.84. The highest BCUT2D eigenvalue weighted by Crippen LogP contribution is 2.23. The maximum absolute atomic E-state index is 12.5. The number of pyridine rings is 1. The van der Waals surface area contributed by atoms with E-state index < -0.39 is 0 Å². The minimum Gasteiger partial charge on any atom is -0.454 e. The molecule has 0 unspecified atom stereocenters. The first kappa shape index (κ1) is 14.3. The molecule has 0 saturated heterocycles. The molecule has 1 atom stereocenters. The van der Waals surface area contributed by atoms with Crippen molar-refractivity contribution in [1.29, 1.82) is 0 Å². The third-order valence-corrected chi connectivity index (χ3v) is 3.62. The summed E-state index contributed by atoms with van der Waals surface area (Å²) in [5.74, 6) is -0.321. The Kier molecular flexibility index (Phi) is 3.88. The summed E-state index contributed by atoms with van der Waals surface area (Å²) in [5.41, 5.74) is 3.15. The first-order valence-corrected chi connectivity index (χ1v) is 7.27. The average molecular weight is 291 g/mol. The van der Waals surface area contributed by atoms with Crippen molar-refractivity contribution in [3.05, 3.63) is 77.5 Å². The lowest BCUT2D eigenvalue weighted by atomic mass is 10.1. The first-order chi connectivity index (χ1) is 10.6. The molecule has 2 aromatic carbocycles. The molecule has 0 aliphatic carbocycles. The molecule has 110 valence electrons. The number of fused-ring (bicyclic) bond motifs is 1. The van der Waals surface area contributed by atoms with E-state index in [1.807, 2.05) is 68.4 Å². The van der Waals surface area contributed by atoms with Crippen LogP contribution >= 0.6 is 0 Å². The molecule has 0 fully saturated rings. The van der Waals surface area contributed by atoms with Gasteiger partial charge in [-0.05, 0) is 31.5 Å². The molecule has 0 bridgehead atoms. The normalized spacial score (nSPS) is 12.1. The van der Waals surface area contributed by atoms with E-state index in [1.54, 1.807) is 6.07 Å². The van der Waals surface area contributed by atoms with Crippen LogP contribution in [0, 0.1) is 6.92 Å². The average Bonchev–Trinajstić information content (AvgIpc) is 2.54. The van der Waals surface area contributed by atoms with Crippen LogP contribution in [0.25, 0.3) is 10.9 Å². The molecule has 0 amide bonds. The van der Waals surface area contributed by atoms with Crippen LogP contribution in [0.15, 0.2) is 60.7 Å². The molecule has 1 aromatic heterocycles. The van der Waals surface area contributed by atoms with Gasteiger partial charge in [0.25, 0.3) is 0 Å². The van der Waals surface area contributed by atoms with Crippen LogP contribution in [0.5, 0.6) is 0 Å². The molecule has 1 heterocycles. The zero-order chi connectivity index (χ0) is 15.5. The first-order valence-electron chi connectivity index (χ1n) is 7.27. The number of aryl methyl sites for hydroxylation is 1. The van der Waals surface area contributed by atoms with E-state index in [-0.39, 0.29) is 12.1 Å². The van der Waals surface area contributed by atoms with Crippen molar-refractivity contribution in [1.82, 2.24) is 4.98 Å². The molecular formula is C19H17NO2. The van der Waals surface area contributed by atoms with Gasteiger partial charge in [-0.25, -0.2) is 4.79 Å². The Labute approximate surface area is 129 Å². The molecule has 3 rings (SSSR count). The van der Waals surface area contributed by atoms with Crippen LogP contribution in [0.1, 0.15) is 34.6 Å². The summed E-state index contributed by atoms with van der Waals surface area (Å²) in [6, 6.07) is 19.1. The smallest absolute Gasteiger partial charge is 0.339 e. The van der Waals surface area contributed by atoms with Gasteiger partial charge in [-0.3, -0.25) is 4.98 Å². The van der Waals surface area contributed by atoms with Crippen molar-refractivity contribution >= 4 is 16.9 Å². The van der Waals surface area contributed by atoms with Crippen LogP contribution in [-0.4, -0.2) is 11.0 Å². The lowest BCUT2D eigenvalue weighted by Crippen LogP contribution is -2.10. The highest BCUT2D eigenvalue weighted by atomic mass is 16.5. The Morgan fingerprint density at radius 3 is 2.50 bits per heavy atom. The van der Waals surface area contributed by atoms with Gasteiger partial charge in [0, 0.05) is 11.1 Å². The second-order valence-electron chi connectivity index (χ2n) is 5.29. The summed E-state index contributed by atoms with van der Waals surface area (Å²) >= 11 is 0. The molecule has 0 radical (unpaired) electrons. The highest BCUT2D eigenvalue weighted by Gasteiger charge is 2.17. The number of aromatic nitrogens is 1. The molecule has 0 aliphatic heterocycles. The van der Waals surface area contributed by atoms with Gasteiger partial charge >= 0.3 is 5.97 Å². The number of para-hydroxylation sites is 1. The Morgan fingerprint density at radius 2 is 1.73 bits per heavy atom. The Morgan fingerprint density at radius 1 is 1.05 bits per heavy atom. The second kappa shape index (κ2) is 5.98. The van der Waals surface area contributed by atoms with Gasteiger partial charge in [-0.2, -0.15) is 0 Å². The van der Waals surface area contributed by atoms with E-state index >= 15 is 0 Å². The van der Waals surface area contributed by atoms with Crippen LogP contribution in [0.2, 0.25) is 0 Å².